The summed E-state index contributed by atoms with van der Waals surface area (Å²) in [7, 11) is 0. The topological polar surface area (TPSA) is 71.0 Å². The molecule has 0 aliphatic carbocycles. The zero-order valence-electron chi connectivity index (χ0n) is 13.5. The number of H-pyrrole nitrogens is 1. The highest BCUT2D eigenvalue weighted by atomic mass is 35.5. The summed E-state index contributed by atoms with van der Waals surface area (Å²) >= 11 is 6.00. The lowest BCUT2D eigenvalue weighted by Crippen LogP contribution is -2.40. The fourth-order valence-corrected chi connectivity index (χ4v) is 3.64. The zero-order valence-corrected chi connectivity index (χ0v) is 14.2. The molecule has 0 radical (unpaired) electrons. The number of piperidine rings is 1. The molecule has 3 aromatic rings. The van der Waals surface area contributed by atoms with Crippen LogP contribution in [0, 0.1) is 0 Å². The quantitative estimate of drug-likeness (QED) is 0.767. The molecule has 25 heavy (non-hydrogen) atoms. The van der Waals surface area contributed by atoms with Gasteiger partial charge in [-0.05, 0) is 43.2 Å². The maximum atomic E-state index is 12.5. The monoisotopic (exact) mass is 356 g/mol. The van der Waals surface area contributed by atoms with Crippen molar-refractivity contribution in [2.75, 3.05) is 13.1 Å². The van der Waals surface area contributed by atoms with Gasteiger partial charge in [0.15, 0.2) is 0 Å². The van der Waals surface area contributed by atoms with E-state index in [-0.39, 0.29) is 17.6 Å². The number of halogens is 1. The van der Waals surface area contributed by atoms with Crippen molar-refractivity contribution < 1.29 is 4.79 Å². The summed E-state index contributed by atoms with van der Waals surface area (Å²) in [5, 5.41) is 0.595. The van der Waals surface area contributed by atoms with E-state index in [4.69, 9.17) is 11.6 Å². The summed E-state index contributed by atoms with van der Waals surface area (Å²) < 4.78 is 1.79. The Labute approximate surface area is 149 Å². The minimum atomic E-state index is -0.130. The van der Waals surface area contributed by atoms with E-state index in [1.54, 1.807) is 41.2 Å². The second kappa shape index (κ2) is 6.37. The minimum Gasteiger partial charge on any atom is -0.338 e. The summed E-state index contributed by atoms with van der Waals surface area (Å²) in [6, 6.07) is 9.01. The molecule has 0 atom stereocenters. The van der Waals surface area contributed by atoms with Gasteiger partial charge in [-0.2, -0.15) is 0 Å². The first kappa shape index (κ1) is 15.9. The summed E-state index contributed by atoms with van der Waals surface area (Å²) in [6.07, 6.45) is 4.71. The van der Waals surface area contributed by atoms with Gasteiger partial charge < -0.3 is 9.88 Å². The summed E-state index contributed by atoms with van der Waals surface area (Å²) in [6.45, 7) is 1.23. The number of carbonyl (C=O) groups is 1. The van der Waals surface area contributed by atoms with Crippen molar-refractivity contribution in [3.05, 3.63) is 63.8 Å². The Bertz CT molecular complexity index is 972. The van der Waals surface area contributed by atoms with E-state index >= 15 is 0 Å². The molecule has 6 nitrogen and oxygen atoms in total. The third kappa shape index (κ3) is 2.93. The van der Waals surface area contributed by atoms with E-state index < -0.39 is 0 Å². The number of pyridine rings is 1. The van der Waals surface area contributed by atoms with Gasteiger partial charge in [-0.25, -0.2) is 4.79 Å². The number of aromatic nitrogens is 3. The molecule has 128 valence electrons. The fraction of sp³-hybridized carbons (Fsp3) is 0.278. The molecule has 4 rings (SSSR count). The maximum absolute atomic E-state index is 12.5. The van der Waals surface area contributed by atoms with Gasteiger partial charge in [0, 0.05) is 36.5 Å². The average Bonchev–Trinajstić information content (AvgIpc) is 2.97. The van der Waals surface area contributed by atoms with Gasteiger partial charge in [-0.1, -0.05) is 11.6 Å². The van der Waals surface area contributed by atoms with Crippen LogP contribution in [0.3, 0.4) is 0 Å². The molecule has 0 saturated carbocycles. The lowest BCUT2D eigenvalue weighted by atomic mass is 10.0. The van der Waals surface area contributed by atoms with Gasteiger partial charge in [0.05, 0.1) is 16.6 Å². The Balaban J connectivity index is 1.54. The van der Waals surface area contributed by atoms with Crippen LogP contribution in [-0.2, 0) is 0 Å². The molecule has 7 heteroatoms. The molecule has 3 heterocycles. The van der Waals surface area contributed by atoms with Crippen molar-refractivity contribution in [3.63, 3.8) is 0 Å². The van der Waals surface area contributed by atoms with Gasteiger partial charge in [-0.3, -0.25) is 14.3 Å². The molecule has 1 aliphatic heterocycles. The van der Waals surface area contributed by atoms with Crippen LogP contribution in [0.2, 0.25) is 5.02 Å². The highest BCUT2D eigenvalue weighted by Crippen LogP contribution is 2.26. The number of fused-ring (bicyclic) bond motifs is 1. The molecule has 1 saturated heterocycles. The van der Waals surface area contributed by atoms with Crippen molar-refractivity contribution in [2.45, 2.75) is 18.9 Å². The van der Waals surface area contributed by atoms with Crippen LogP contribution in [0.4, 0.5) is 0 Å². The van der Waals surface area contributed by atoms with Crippen LogP contribution in [-0.4, -0.2) is 38.4 Å². The SMILES string of the molecule is O=C(c1cccnc1)N1CCC(n2c(=O)[nH]c3cc(Cl)ccc32)CC1. The third-order valence-corrected chi connectivity index (χ3v) is 4.94. The predicted octanol–water partition coefficient (Wildman–Crippen LogP) is 2.86. The number of hydrogen-bond acceptors (Lipinski definition) is 3. The van der Waals surface area contributed by atoms with Crippen molar-refractivity contribution in [1.29, 1.82) is 0 Å². The first-order valence-corrected chi connectivity index (χ1v) is 8.60. The molecule has 1 fully saturated rings. The number of nitrogens with zero attached hydrogens (tertiary/aromatic N) is 3. The van der Waals surface area contributed by atoms with E-state index in [1.165, 1.54) is 0 Å². The minimum absolute atomic E-state index is 0.00962. The second-order valence-electron chi connectivity index (χ2n) is 6.23. The molecule has 1 N–H and O–H groups in total. The van der Waals surface area contributed by atoms with Gasteiger partial charge >= 0.3 is 5.69 Å². The number of hydrogen-bond donors (Lipinski definition) is 1. The normalized spacial score (nSPS) is 15.6. The van der Waals surface area contributed by atoms with Crippen molar-refractivity contribution in [3.8, 4) is 0 Å². The summed E-state index contributed by atoms with van der Waals surface area (Å²) in [5.74, 6) is -0.00962. The zero-order chi connectivity index (χ0) is 17.4. The van der Waals surface area contributed by atoms with Crippen LogP contribution >= 0.6 is 11.6 Å². The molecular formula is C18H17ClN4O2. The standard InChI is InChI=1S/C18H17ClN4O2/c19-13-3-4-16-15(10-13)21-18(25)23(16)14-5-8-22(9-6-14)17(24)12-2-1-7-20-11-12/h1-4,7,10-11,14H,5-6,8-9H2,(H,21,25). The smallest absolute Gasteiger partial charge is 0.326 e. The van der Waals surface area contributed by atoms with Gasteiger partial charge in [-0.15, -0.1) is 0 Å². The van der Waals surface area contributed by atoms with Crippen LogP contribution in [0.15, 0.2) is 47.5 Å². The second-order valence-corrected chi connectivity index (χ2v) is 6.66. The van der Waals surface area contributed by atoms with Gasteiger partial charge in [0.2, 0.25) is 0 Å². The molecule has 1 aliphatic rings. The summed E-state index contributed by atoms with van der Waals surface area (Å²) in [5.41, 5.74) is 2.06. The average molecular weight is 357 g/mol. The first-order valence-electron chi connectivity index (χ1n) is 8.22. The highest BCUT2D eigenvalue weighted by molar-refractivity contribution is 6.31. The van der Waals surface area contributed by atoms with Crippen molar-refractivity contribution >= 4 is 28.5 Å². The number of imidazole rings is 1. The largest absolute Gasteiger partial charge is 0.338 e. The number of carbonyl (C=O) groups excluding carboxylic acids is 1. The van der Waals surface area contributed by atoms with Crippen LogP contribution < -0.4 is 5.69 Å². The molecule has 1 amide bonds. The van der Waals surface area contributed by atoms with Gasteiger partial charge in [0.25, 0.3) is 5.91 Å². The Morgan fingerprint density at radius 3 is 2.76 bits per heavy atom. The Kier molecular flexibility index (Phi) is 4.05. The number of likely N-dealkylation sites (tertiary alicyclic amines) is 1. The molecular weight excluding hydrogens is 340 g/mol. The van der Waals surface area contributed by atoms with Crippen molar-refractivity contribution in [2.24, 2.45) is 0 Å². The highest BCUT2D eigenvalue weighted by Gasteiger charge is 2.26. The lowest BCUT2D eigenvalue weighted by Gasteiger charge is -2.32. The maximum Gasteiger partial charge on any atom is 0.326 e. The Hall–Kier alpha value is -2.60. The van der Waals surface area contributed by atoms with Crippen LogP contribution in [0.1, 0.15) is 29.2 Å². The Morgan fingerprint density at radius 1 is 1.24 bits per heavy atom. The van der Waals surface area contributed by atoms with Crippen LogP contribution in [0.5, 0.6) is 0 Å². The predicted molar refractivity (Wildman–Crippen MR) is 96.0 cm³/mol. The molecule has 0 bridgehead atoms. The molecule has 0 unspecified atom stereocenters. The van der Waals surface area contributed by atoms with E-state index in [9.17, 15) is 9.59 Å². The van der Waals surface area contributed by atoms with Gasteiger partial charge in [0.1, 0.15) is 0 Å². The van der Waals surface area contributed by atoms with E-state index in [2.05, 4.69) is 9.97 Å². The molecule has 0 spiro atoms. The van der Waals surface area contributed by atoms with E-state index in [0.717, 1.165) is 23.9 Å². The van der Waals surface area contributed by atoms with Crippen molar-refractivity contribution in [1.82, 2.24) is 19.4 Å². The molecule has 1 aromatic carbocycles. The number of rotatable bonds is 2. The first-order chi connectivity index (χ1) is 12.1. The number of aromatic amines is 1. The summed E-state index contributed by atoms with van der Waals surface area (Å²) in [4.78, 5) is 33.6. The van der Waals surface area contributed by atoms with E-state index in [0.29, 0.717) is 23.7 Å². The van der Waals surface area contributed by atoms with Crippen LogP contribution in [0.25, 0.3) is 11.0 Å². The number of amides is 1. The van der Waals surface area contributed by atoms with E-state index in [1.807, 2.05) is 11.0 Å². The number of nitrogens with one attached hydrogen (secondary N) is 1. The number of benzene rings is 1. The third-order valence-electron chi connectivity index (χ3n) is 4.70. The molecule has 2 aromatic heterocycles. The Morgan fingerprint density at radius 2 is 2.04 bits per heavy atom. The lowest BCUT2D eigenvalue weighted by molar-refractivity contribution is 0.0694. The fourth-order valence-electron chi connectivity index (χ4n) is 3.46.